The van der Waals surface area contributed by atoms with E-state index in [1.54, 1.807) is 12.3 Å². The zero-order valence-electron chi connectivity index (χ0n) is 17.9. The number of nitro groups is 1. The highest BCUT2D eigenvalue weighted by Gasteiger charge is 2.51. The summed E-state index contributed by atoms with van der Waals surface area (Å²) in [6, 6.07) is 9.47. The van der Waals surface area contributed by atoms with Crippen molar-refractivity contribution >= 4 is 22.4 Å². The van der Waals surface area contributed by atoms with Crippen LogP contribution in [0.4, 0.5) is 11.5 Å². The summed E-state index contributed by atoms with van der Waals surface area (Å²) in [4.78, 5) is 26.7. The molecule has 0 radical (unpaired) electrons. The van der Waals surface area contributed by atoms with Crippen LogP contribution in [0.2, 0.25) is 0 Å². The van der Waals surface area contributed by atoms with E-state index in [2.05, 4.69) is 40.6 Å². The number of aromatic nitrogens is 3. The van der Waals surface area contributed by atoms with Gasteiger partial charge in [-0.15, -0.1) is 0 Å². The van der Waals surface area contributed by atoms with Crippen molar-refractivity contribution < 1.29 is 9.66 Å². The standard InChI is InChI=1S/C23H25N5O3/c1-22(2)10-16-11-23(3,12-22)13-27(16)20-19(28(29)30)21(26-14-25-20)31-17-8-4-6-15-7-5-9-24-18(15)17/h4-9,14,16H,10-13H2,1-3H3. The van der Waals surface area contributed by atoms with Crippen LogP contribution in [0, 0.1) is 20.9 Å². The van der Waals surface area contributed by atoms with Gasteiger partial charge >= 0.3 is 11.6 Å². The number of hydrogen-bond donors (Lipinski definition) is 0. The molecule has 2 unspecified atom stereocenters. The van der Waals surface area contributed by atoms with Gasteiger partial charge in [-0.25, -0.2) is 4.98 Å². The molecule has 1 saturated heterocycles. The second-order valence-electron chi connectivity index (χ2n) is 9.88. The SMILES string of the molecule is CC1(C)CC2CC(C)(CN2c2ncnc(Oc3cccc4cccnc34)c2[N+](=O)[O-])C1. The van der Waals surface area contributed by atoms with Gasteiger partial charge in [-0.3, -0.25) is 15.1 Å². The van der Waals surface area contributed by atoms with Gasteiger partial charge in [-0.2, -0.15) is 4.98 Å². The minimum atomic E-state index is -0.432. The molecule has 1 aliphatic carbocycles. The van der Waals surface area contributed by atoms with Crippen molar-refractivity contribution in [2.75, 3.05) is 11.4 Å². The molecule has 1 aliphatic heterocycles. The molecule has 0 amide bonds. The van der Waals surface area contributed by atoms with E-state index >= 15 is 0 Å². The minimum absolute atomic E-state index is 0.0565. The molecule has 5 rings (SSSR count). The molecule has 2 aliphatic rings. The third-order valence-corrected chi connectivity index (χ3v) is 6.44. The Labute approximate surface area is 180 Å². The minimum Gasteiger partial charge on any atom is -0.431 e. The van der Waals surface area contributed by atoms with Gasteiger partial charge < -0.3 is 9.64 Å². The van der Waals surface area contributed by atoms with Gasteiger partial charge in [0.1, 0.15) is 11.8 Å². The lowest BCUT2D eigenvalue weighted by atomic mass is 9.65. The normalized spacial score (nSPS) is 24.4. The van der Waals surface area contributed by atoms with E-state index in [4.69, 9.17) is 4.74 Å². The maximum atomic E-state index is 12.2. The highest BCUT2D eigenvalue weighted by atomic mass is 16.6. The fourth-order valence-electron chi connectivity index (χ4n) is 5.77. The second-order valence-corrected chi connectivity index (χ2v) is 9.88. The molecule has 1 aromatic carbocycles. The molecule has 1 saturated carbocycles. The van der Waals surface area contributed by atoms with Crippen molar-refractivity contribution in [2.45, 2.75) is 46.1 Å². The van der Waals surface area contributed by atoms with Crippen molar-refractivity contribution in [1.29, 1.82) is 0 Å². The molecule has 0 N–H and O–H groups in total. The highest BCUT2D eigenvalue weighted by molar-refractivity contribution is 5.84. The van der Waals surface area contributed by atoms with Crippen LogP contribution in [0.15, 0.2) is 42.9 Å². The molecule has 3 heterocycles. The second kappa shape index (κ2) is 6.87. The summed E-state index contributed by atoms with van der Waals surface area (Å²) >= 11 is 0. The zero-order chi connectivity index (χ0) is 21.8. The lowest BCUT2D eigenvalue weighted by Crippen LogP contribution is -2.35. The van der Waals surface area contributed by atoms with E-state index in [9.17, 15) is 10.1 Å². The quantitative estimate of drug-likeness (QED) is 0.427. The fraction of sp³-hybridized carbons (Fsp3) is 0.435. The molecule has 2 atom stereocenters. The first-order valence-electron chi connectivity index (χ1n) is 10.5. The van der Waals surface area contributed by atoms with E-state index in [1.165, 1.54) is 6.33 Å². The van der Waals surface area contributed by atoms with E-state index in [1.807, 2.05) is 24.3 Å². The van der Waals surface area contributed by atoms with Gasteiger partial charge in [0.15, 0.2) is 5.75 Å². The smallest absolute Gasteiger partial charge is 0.373 e. The first kappa shape index (κ1) is 19.7. The summed E-state index contributed by atoms with van der Waals surface area (Å²) in [6.45, 7) is 7.57. The molecular formula is C23H25N5O3. The van der Waals surface area contributed by atoms with Gasteiger partial charge in [-0.05, 0) is 42.2 Å². The molecule has 31 heavy (non-hydrogen) atoms. The zero-order valence-corrected chi connectivity index (χ0v) is 17.9. The summed E-state index contributed by atoms with van der Waals surface area (Å²) in [5, 5.41) is 13.0. The topological polar surface area (TPSA) is 94.3 Å². The number of para-hydroxylation sites is 1. The van der Waals surface area contributed by atoms with Crippen LogP contribution in [0.1, 0.15) is 40.0 Å². The molecule has 8 nitrogen and oxygen atoms in total. The van der Waals surface area contributed by atoms with Crippen LogP contribution in [0.3, 0.4) is 0 Å². The average molecular weight is 419 g/mol. The largest absolute Gasteiger partial charge is 0.431 e. The summed E-state index contributed by atoms with van der Waals surface area (Å²) in [5.74, 6) is 0.716. The monoisotopic (exact) mass is 419 g/mol. The van der Waals surface area contributed by atoms with Crippen LogP contribution in [0.5, 0.6) is 11.6 Å². The molecule has 3 aromatic rings. The van der Waals surface area contributed by atoms with E-state index in [-0.39, 0.29) is 28.4 Å². The van der Waals surface area contributed by atoms with E-state index < -0.39 is 4.92 Å². The van der Waals surface area contributed by atoms with Crippen LogP contribution < -0.4 is 9.64 Å². The molecular weight excluding hydrogens is 394 g/mol. The predicted octanol–water partition coefficient (Wildman–Crippen LogP) is 5.13. The maximum Gasteiger partial charge on any atom is 0.373 e. The maximum absolute atomic E-state index is 12.2. The number of benzene rings is 1. The Morgan fingerprint density at radius 3 is 2.74 bits per heavy atom. The Bertz CT molecular complexity index is 1180. The molecule has 8 heteroatoms. The molecule has 2 fully saturated rings. The molecule has 2 aromatic heterocycles. The average Bonchev–Trinajstić information content (AvgIpc) is 2.96. The van der Waals surface area contributed by atoms with Gasteiger partial charge in [0.25, 0.3) is 0 Å². The molecule has 2 bridgehead atoms. The Morgan fingerprint density at radius 1 is 1.13 bits per heavy atom. The van der Waals surface area contributed by atoms with Gasteiger partial charge in [0, 0.05) is 24.2 Å². The summed E-state index contributed by atoms with van der Waals surface area (Å²) in [5.41, 5.74) is 0.753. The first-order valence-corrected chi connectivity index (χ1v) is 10.5. The highest BCUT2D eigenvalue weighted by Crippen LogP contribution is 2.54. The first-order chi connectivity index (χ1) is 14.7. The van der Waals surface area contributed by atoms with Crippen LogP contribution in [-0.2, 0) is 0 Å². The van der Waals surface area contributed by atoms with Crippen molar-refractivity contribution in [1.82, 2.24) is 15.0 Å². The Kier molecular flexibility index (Phi) is 4.35. The van der Waals surface area contributed by atoms with Gasteiger partial charge in [-0.1, -0.05) is 39.0 Å². The third-order valence-electron chi connectivity index (χ3n) is 6.44. The van der Waals surface area contributed by atoms with Crippen molar-refractivity contribution in [3.63, 3.8) is 0 Å². The van der Waals surface area contributed by atoms with Crippen molar-refractivity contribution in [2.24, 2.45) is 10.8 Å². The Hall–Kier alpha value is -3.29. The Morgan fingerprint density at radius 2 is 1.94 bits per heavy atom. The number of nitrogens with zero attached hydrogens (tertiary/aromatic N) is 5. The molecule has 160 valence electrons. The summed E-state index contributed by atoms with van der Waals surface area (Å²) < 4.78 is 5.98. The lowest BCUT2D eigenvalue weighted by Gasteiger charge is -2.39. The third kappa shape index (κ3) is 3.45. The number of hydrogen-bond acceptors (Lipinski definition) is 7. The van der Waals surface area contributed by atoms with Gasteiger partial charge in [0.2, 0.25) is 5.82 Å². The number of pyridine rings is 1. The molecule has 0 spiro atoms. The van der Waals surface area contributed by atoms with E-state index in [0.29, 0.717) is 17.1 Å². The van der Waals surface area contributed by atoms with Crippen LogP contribution >= 0.6 is 0 Å². The van der Waals surface area contributed by atoms with Crippen molar-refractivity contribution in [3.05, 3.63) is 53.0 Å². The number of rotatable bonds is 4. The Balaban J connectivity index is 1.57. The summed E-state index contributed by atoms with van der Waals surface area (Å²) in [6.07, 6.45) is 6.11. The summed E-state index contributed by atoms with van der Waals surface area (Å²) in [7, 11) is 0. The van der Waals surface area contributed by atoms with E-state index in [0.717, 1.165) is 31.2 Å². The predicted molar refractivity (Wildman–Crippen MR) is 117 cm³/mol. The number of ether oxygens (including phenoxy) is 1. The van der Waals surface area contributed by atoms with Crippen LogP contribution in [-0.4, -0.2) is 32.5 Å². The van der Waals surface area contributed by atoms with Gasteiger partial charge in [0.05, 0.1) is 4.92 Å². The van der Waals surface area contributed by atoms with Crippen LogP contribution in [0.25, 0.3) is 10.9 Å². The number of fused-ring (bicyclic) bond motifs is 3. The lowest BCUT2D eigenvalue weighted by molar-refractivity contribution is -0.385. The van der Waals surface area contributed by atoms with Crippen molar-refractivity contribution in [3.8, 4) is 11.6 Å². The fourth-order valence-corrected chi connectivity index (χ4v) is 5.77. The number of anilines is 1.